The Labute approximate surface area is 188 Å². The molecule has 0 aliphatic carbocycles. The number of nitrogens with one attached hydrogen (secondary N) is 1. The summed E-state index contributed by atoms with van der Waals surface area (Å²) in [4.78, 5) is 17.3. The van der Waals surface area contributed by atoms with Crippen molar-refractivity contribution in [3.8, 4) is 11.8 Å². The molecule has 0 aliphatic heterocycles. The predicted octanol–water partition coefficient (Wildman–Crippen LogP) is 5.18. The number of hydrogen-bond acceptors (Lipinski definition) is 4. The first-order valence-corrected chi connectivity index (χ1v) is 10.3. The van der Waals surface area contributed by atoms with E-state index >= 15 is 0 Å². The summed E-state index contributed by atoms with van der Waals surface area (Å²) >= 11 is 0. The van der Waals surface area contributed by atoms with Gasteiger partial charge in [0, 0.05) is 12.1 Å². The number of ether oxygens (including phenoxy) is 1. The highest BCUT2D eigenvalue weighted by atomic mass is 16.5. The molecule has 160 valence electrons. The molecule has 1 N–H and O–H groups in total. The Hall–Kier alpha value is -4.17. The number of benzene rings is 2. The Balaban J connectivity index is 1.76. The summed E-state index contributed by atoms with van der Waals surface area (Å²) in [7, 11) is 0. The predicted molar refractivity (Wildman–Crippen MR) is 127 cm³/mol. The largest absolute Gasteiger partial charge is 0.487 e. The van der Waals surface area contributed by atoms with Crippen LogP contribution in [-0.4, -0.2) is 17.4 Å². The minimum atomic E-state index is -0.224. The monoisotopic (exact) mass is 423 g/mol. The van der Waals surface area contributed by atoms with Crippen molar-refractivity contribution in [1.82, 2.24) is 10.3 Å². The highest BCUT2D eigenvalue weighted by Crippen LogP contribution is 2.22. The smallest absolute Gasteiger partial charge is 0.251 e. The van der Waals surface area contributed by atoms with Crippen molar-refractivity contribution in [2.45, 2.75) is 20.0 Å². The second-order valence-corrected chi connectivity index (χ2v) is 7.15. The van der Waals surface area contributed by atoms with Gasteiger partial charge in [-0.05, 0) is 54.0 Å². The second-order valence-electron chi connectivity index (χ2n) is 7.15. The summed E-state index contributed by atoms with van der Waals surface area (Å²) in [6.07, 6.45) is 3.83. The first-order valence-electron chi connectivity index (χ1n) is 10.3. The quantitative estimate of drug-likeness (QED) is 0.292. The van der Waals surface area contributed by atoms with E-state index in [1.807, 2.05) is 85.8 Å². The Morgan fingerprint density at radius 2 is 1.88 bits per heavy atom. The van der Waals surface area contributed by atoms with Gasteiger partial charge >= 0.3 is 0 Å². The summed E-state index contributed by atoms with van der Waals surface area (Å²) in [5.74, 6) is 0.457. The first-order chi connectivity index (χ1) is 15.6. The number of carbonyl (C=O) groups excluding carboxylic acids is 1. The average molecular weight is 424 g/mol. The molecule has 0 unspecified atom stereocenters. The lowest BCUT2D eigenvalue weighted by molar-refractivity contribution is -0.115. The molecule has 1 aromatic heterocycles. The molecule has 1 amide bonds. The van der Waals surface area contributed by atoms with E-state index in [2.05, 4.69) is 16.9 Å². The van der Waals surface area contributed by atoms with Crippen LogP contribution in [0.25, 0.3) is 17.7 Å². The van der Waals surface area contributed by atoms with Crippen LogP contribution in [0.2, 0.25) is 0 Å². The van der Waals surface area contributed by atoms with Crippen LogP contribution < -0.4 is 10.1 Å². The Kier molecular flexibility index (Phi) is 7.94. The summed E-state index contributed by atoms with van der Waals surface area (Å²) in [5.41, 5.74) is 4.94. The minimum absolute atomic E-state index is 0.224. The molecule has 32 heavy (non-hydrogen) atoms. The summed E-state index contributed by atoms with van der Waals surface area (Å²) in [5, 5.41) is 11.5. The molecule has 5 heteroatoms. The molecule has 0 fully saturated rings. The van der Waals surface area contributed by atoms with Crippen molar-refractivity contribution in [2.75, 3.05) is 6.54 Å². The van der Waals surface area contributed by atoms with Gasteiger partial charge in [0.2, 0.25) is 0 Å². The van der Waals surface area contributed by atoms with Crippen molar-refractivity contribution in [1.29, 1.82) is 5.26 Å². The summed E-state index contributed by atoms with van der Waals surface area (Å²) in [6, 6.07) is 23.0. The van der Waals surface area contributed by atoms with Gasteiger partial charge in [-0.2, -0.15) is 5.26 Å². The van der Waals surface area contributed by atoms with Crippen LogP contribution >= 0.6 is 0 Å². The fraction of sp³-hybridized carbons (Fsp3) is 0.148. The zero-order chi connectivity index (χ0) is 22.8. The van der Waals surface area contributed by atoms with E-state index in [-0.39, 0.29) is 12.3 Å². The van der Waals surface area contributed by atoms with Crippen molar-refractivity contribution >= 4 is 23.6 Å². The number of hydrogen-bond donors (Lipinski definition) is 1. The van der Waals surface area contributed by atoms with Gasteiger partial charge in [0.25, 0.3) is 5.91 Å². The van der Waals surface area contributed by atoms with Crippen LogP contribution in [0.4, 0.5) is 0 Å². The van der Waals surface area contributed by atoms with Gasteiger partial charge in [-0.15, -0.1) is 0 Å². The molecule has 0 spiro atoms. The number of pyridine rings is 1. The third-order valence-corrected chi connectivity index (χ3v) is 4.82. The summed E-state index contributed by atoms with van der Waals surface area (Å²) < 4.78 is 5.87. The average Bonchev–Trinajstić information content (AvgIpc) is 2.83. The van der Waals surface area contributed by atoms with E-state index in [1.54, 1.807) is 6.08 Å². The van der Waals surface area contributed by atoms with Crippen LogP contribution in [0.5, 0.6) is 5.75 Å². The Bertz CT molecular complexity index is 1140. The van der Waals surface area contributed by atoms with Crippen LogP contribution in [0.1, 0.15) is 34.5 Å². The third kappa shape index (κ3) is 6.16. The SMILES string of the molecule is C=Cc1nc(COc2ccc(C(=Cc3ccccc3)C(=O)NCCC#N)cc2)ccc1C. The molecule has 2 aromatic carbocycles. The molecule has 0 bridgehead atoms. The second kappa shape index (κ2) is 11.3. The number of nitrogens with zero attached hydrogens (tertiary/aromatic N) is 2. The van der Waals surface area contributed by atoms with E-state index in [0.29, 0.717) is 24.5 Å². The maximum absolute atomic E-state index is 12.8. The van der Waals surface area contributed by atoms with Gasteiger partial charge in [-0.1, -0.05) is 55.1 Å². The Morgan fingerprint density at radius 3 is 2.56 bits per heavy atom. The van der Waals surface area contributed by atoms with Crippen molar-refractivity contribution < 1.29 is 9.53 Å². The molecule has 5 nitrogen and oxygen atoms in total. The van der Waals surface area contributed by atoms with Crippen LogP contribution in [0.15, 0.2) is 73.3 Å². The lowest BCUT2D eigenvalue weighted by Crippen LogP contribution is -2.25. The third-order valence-electron chi connectivity index (χ3n) is 4.82. The minimum Gasteiger partial charge on any atom is -0.487 e. The van der Waals surface area contributed by atoms with Crippen LogP contribution in [-0.2, 0) is 11.4 Å². The lowest BCUT2D eigenvalue weighted by atomic mass is 10.0. The molecular formula is C27H25N3O2. The van der Waals surface area contributed by atoms with Gasteiger partial charge in [0.15, 0.2) is 0 Å². The zero-order valence-corrected chi connectivity index (χ0v) is 18.0. The zero-order valence-electron chi connectivity index (χ0n) is 18.0. The van der Waals surface area contributed by atoms with Crippen LogP contribution in [0.3, 0.4) is 0 Å². The Morgan fingerprint density at radius 1 is 1.12 bits per heavy atom. The van der Waals surface area contributed by atoms with Gasteiger partial charge < -0.3 is 10.1 Å². The van der Waals surface area contributed by atoms with E-state index in [1.165, 1.54) is 0 Å². The molecular weight excluding hydrogens is 398 g/mol. The van der Waals surface area contributed by atoms with E-state index in [9.17, 15) is 4.79 Å². The molecule has 0 aliphatic rings. The number of aryl methyl sites for hydroxylation is 1. The molecule has 3 aromatic rings. The normalized spacial score (nSPS) is 10.8. The maximum Gasteiger partial charge on any atom is 0.251 e. The van der Waals surface area contributed by atoms with Crippen molar-refractivity contribution in [3.05, 3.63) is 101 Å². The maximum atomic E-state index is 12.8. The fourth-order valence-corrected chi connectivity index (χ4v) is 3.08. The fourth-order valence-electron chi connectivity index (χ4n) is 3.08. The number of carbonyl (C=O) groups is 1. The first kappa shape index (κ1) is 22.5. The van der Waals surface area contributed by atoms with Gasteiger partial charge in [0.1, 0.15) is 12.4 Å². The highest BCUT2D eigenvalue weighted by molar-refractivity contribution is 6.24. The molecule has 1 heterocycles. The van der Waals surface area contributed by atoms with E-state index in [4.69, 9.17) is 10.00 Å². The highest BCUT2D eigenvalue weighted by Gasteiger charge is 2.12. The molecule has 3 rings (SSSR count). The van der Waals surface area contributed by atoms with Crippen LogP contribution in [0, 0.1) is 18.3 Å². The number of aromatic nitrogens is 1. The lowest BCUT2D eigenvalue weighted by Gasteiger charge is -2.11. The van der Waals surface area contributed by atoms with Crippen molar-refractivity contribution in [2.24, 2.45) is 0 Å². The van der Waals surface area contributed by atoms with Gasteiger partial charge in [0.05, 0.1) is 23.9 Å². The topological polar surface area (TPSA) is 75.0 Å². The molecule has 0 radical (unpaired) electrons. The van der Waals surface area contributed by atoms with Crippen molar-refractivity contribution in [3.63, 3.8) is 0 Å². The van der Waals surface area contributed by atoms with E-state index in [0.717, 1.165) is 28.1 Å². The van der Waals surface area contributed by atoms with Gasteiger partial charge in [-0.25, -0.2) is 4.98 Å². The molecule has 0 saturated heterocycles. The standard InChI is InChI=1S/C27H25N3O2/c1-3-26-20(2)10-13-23(30-26)19-32-24-14-11-22(12-15-24)25(27(31)29-17-7-16-28)18-21-8-5-4-6-9-21/h3-6,8-15,18H,1,7,17,19H2,2H3,(H,29,31). The summed E-state index contributed by atoms with van der Waals surface area (Å²) in [6.45, 7) is 6.42. The van der Waals surface area contributed by atoms with Gasteiger partial charge in [-0.3, -0.25) is 4.79 Å². The molecule has 0 saturated carbocycles. The number of rotatable bonds is 9. The number of amides is 1. The molecule has 0 atom stereocenters. The number of nitriles is 1. The van der Waals surface area contributed by atoms with E-state index < -0.39 is 0 Å².